The molecule has 1 N–H and O–H groups in total. The van der Waals surface area contributed by atoms with Crippen LogP contribution in [0.5, 0.6) is 5.75 Å². The van der Waals surface area contributed by atoms with Crippen LogP contribution in [0.3, 0.4) is 0 Å². The Morgan fingerprint density at radius 1 is 1.53 bits per heavy atom. The fourth-order valence-corrected chi connectivity index (χ4v) is 1.68. The van der Waals surface area contributed by atoms with Crippen LogP contribution >= 0.6 is 11.6 Å². The zero-order chi connectivity index (χ0) is 12.3. The smallest absolute Gasteiger partial charge is 0.317 e. The van der Waals surface area contributed by atoms with Gasteiger partial charge in [-0.25, -0.2) is 9.18 Å². The van der Waals surface area contributed by atoms with E-state index in [9.17, 15) is 9.18 Å². The van der Waals surface area contributed by atoms with E-state index in [1.54, 1.807) is 11.0 Å². The van der Waals surface area contributed by atoms with Gasteiger partial charge in [-0.1, -0.05) is 11.6 Å². The van der Waals surface area contributed by atoms with Crippen LogP contribution in [0.1, 0.15) is 0 Å². The second kappa shape index (κ2) is 5.23. The van der Waals surface area contributed by atoms with Gasteiger partial charge in [0.1, 0.15) is 18.2 Å². The number of carbonyl (C=O) groups excluding carboxylic acids is 1. The summed E-state index contributed by atoms with van der Waals surface area (Å²) in [4.78, 5) is 12.8. The summed E-state index contributed by atoms with van der Waals surface area (Å²) in [7, 11) is 0. The van der Waals surface area contributed by atoms with Crippen molar-refractivity contribution in [2.45, 2.75) is 0 Å². The normalized spacial score (nSPS) is 14.9. The fourth-order valence-electron chi connectivity index (χ4n) is 1.56. The number of hydrogen-bond acceptors (Lipinski definition) is 2. The molecule has 1 aliphatic heterocycles. The Hall–Kier alpha value is -1.49. The highest BCUT2D eigenvalue weighted by atomic mass is 35.5. The second-order valence-electron chi connectivity index (χ2n) is 3.64. The van der Waals surface area contributed by atoms with Crippen molar-refractivity contribution in [3.63, 3.8) is 0 Å². The molecule has 1 aliphatic rings. The lowest BCUT2D eigenvalue weighted by Crippen LogP contribution is -2.31. The van der Waals surface area contributed by atoms with Crippen molar-refractivity contribution in [2.24, 2.45) is 0 Å². The van der Waals surface area contributed by atoms with Gasteiger partial charge in [0.15, 0.2) is 0 Å². The van der Waals surface area contributed by atoms with E-state index >= 15 is 0 Å². The molecule has 0 aliphatic carbocycles. The van der Waals surface area contributed by atoms with E-state index in [0.717, 1.165) is 0 Å². The molecule has 1 aromatic carbocycles. The molecule has 0 unspecified atom stereocenters. The van der Waals surface area contributed by atoms with Crippen molar-refractivity contribution in [3.8, 4) is 5.75 Å². The Bertz CT molecular complexity index is 428. The van der Waals surface area contributed by atoms with Crippen LogP contribution in [0.4, 0.5) is 9.18 Å². The topological polar surface area (TPSA) is 41.6 Å². The molecule has 1 saturated heterocycles. The molecule has 0 spiro atoms. The number of rotatable bonds is 4. The van der Waals surface area contributed by atoms with Crippen LogP contribution in [0.25, 0.3) is 0 Å². The SMILES string of the molecule is O=C1NCCN1CCOc1ccc(Cl)c(F)c1. The molecular weight excluding hydrogens is 247 g/mol. The van der Waals surface area contributed by atoms with Crippen molar-refractivity contribution in [1.29, 1.82) is 0 Å². The molecule has 4 nitrogen and oxygen atoms in total. The van der Waals surface area contributed by atoms with Gasteiger partial charge in [-0.2, -0.15) is 0 Å². The van der Waals surface area contributed by atoms with E-state index in [2.05, 4.69) is 5.32 Å². The lowest BCUT2D eigenvalue weighted by molar-refractivity contribution is 0.202. The Kier molecular flexibility index (Phi) is 3.68. The summed E-state index contributed by atoms with van der Waals surface area (Å²) in [5.74, 6) is -0.102. The van der Waals surface area contributed by atoms with E-state index in [1.165, 1.54) is 12.1 Å². The van der Waals surface area contributed by atoms with Crippen LogP contribution in [0.2, 0.25) is 5.02 Å². The summed E-state index contributed by atoms with van der Waals surface area (Å²) in [6, 6.07) is 4.17. The van der Waals surface area contributed by atoms with Crippen molar-refractivity contribution >= 4 is 17.6 Å². The first-order valence-electron chi connectivity index (χ1n) is 5.27. The lowest BCUT2D eigenvalue weighted by Gasteiger charge is -2.14. The maximum absolute atomic E-state index is 13.1. The van der Waals surface area contributed by atoms with Gasteiger partial charge in [0.2, 0.25) is 0 Å². The van der Waals surface area contributed by atoms with Crippen LogP contribution in [-0.4, -0.2) is 37.2 Å². The highest BCUT2D eigenvalue weighted by Gasteiger charge is 2.18. The number of ether oxygens (including phenoxy) is 1. The second-order valence-corrected chi connectivity index (χ2v) is 4.05. The summed E-state index contributed by atoms with van der Waals surface area (Å²) in [5.41, 5.74) is 0. The summed E-state index contributed by atoms with van der Waals surface area (Å²) in [6.45, 7) is 2.15. The Morgan fingerprint density at radius 3 is 3.00 bits per heavy atom. The van der Waals surface area contributed by atoms with Crippen LogP contribution < -0.4 is 10.1 Å². The third-order valence-corrected chi connectivity index (χ3v) is 2.77. The first-order chi connectivity index (χ1) is 8.16. The van der Waals surface area contributed by atoms with Gasteiger partial charge < -0.3 is 15.0 Å². The Morgan fingerprint density at radius 2 is 2.35 bits per heavy atom. The number of amides is 2. The van der Waals surface area contributed by atoms with Crippen molar-refractivity contribution < 1.29 is 13.9 Å². The Labute approximate surface area is 103 Å². The standard InChI is InChI=1S/C11H12ClFN2O2/c12-9-2-1-8(7-10(9)13)17-6-5-15-4-3-14-11(15)16/h1-2,7H,3-6H2,(H,14,16). The minimum absolute atomic E-state index is 0.0660. The molecule has 6 heteroatoms. The molecule has 0 bridgehead atoms. The maximum Gasteiger partial charge on any atom is 0.317 e. The molecule has 92 valence electrons. The molecule has 0 radical (unpaired) electrons. The number of nitrogens with one attached hydrogen (secondary N) is 1. The van der Waals surface area contributed by atoms with Crippen molar-refractivity contribution in [1.82, 2.24) is 10.2 Å². The molecule has 2 amide bonds. The van der Waals surface area contributed by atoms with E-state index in [-0.39, 0.29) is 11.1 Å². The van der Waals surface area contributed by atoms with E-state index < -0.39 is 5.82 Å². The maximum atomic E-state index is 13.1. The van der Waals surface area contributed by atoms with Gasteiger partial charge in [0.25, 0.3) is 0 Å². The van der Waals surface area contributed by atoms with E-state index in [4.69, 9.17) is 16.3 Å². The summed E-state index contributed by atoms with van der Waals surface area (Å²) < 4.78 is 18.4. The number of carbonyl (C=O) groups is 1. The predicted molar refractivity (Wildman–Crippen MR) is 61.9 cm³/mol. The number of urea groups is 1. The van der Waals surface area contributed by atoms with Crippen molar-refractivity contribution in [2.75, 3.05) is 26.2 Å². The molecule has 1 heterocycles. The minimum atomic E-state index is -0.511. The predicted octanol–water partition coefficient (Wildman–Crippen LogP) is 1.88. The largest absolute Gasteiger partial charge is 0.492 e. The van der Waals surface area contributed by atoms with E-state index in [1.807, 2.05) is 0 Å². The number of halogens is 2. The van der Waals surface area contributed by atoms with Crippen LogP contribution in [-0.2, 0) is 0 Å². The van der Waals surface area contributed by atoms with Gasteiger partial charge in [-0.05, 0) is 12.1 Å². The average Bonchev–Trinajstić information content (AvgIpc) is 2.70. The third kappa shape index (κ3) is 3.00. The molecular formula is C11H12ClFN2O2. The lowest BCUT2D eigenvalue weighted by atomic mass is 10.3. The van der Waals surface area contributed by atoms with Crippen molar-refractivity contribution in [3.05, 3.63) is 29.0 Å². The highest BCUT2D eigenvalue weighted by Crippen LogP contribution is 2.20. The fraction of sp³-hybridized carbons (Fsp3) is 0.364. The van der Waals surface area contributed by atoms with Gasteiger partial charge in [0, 0.05) is 19.2 Å². The summed E-state index contributed by atoms with van der Waals surface area (Å²) in [5, 5.41) is 2.75. The van der Waals surface area contributed by atoms with Gasteiger partial charge in [-0.15, -0.1) is 0 Å². The number of hydrogen-bond donors (Lipinski definition) is 1. The Balaban J connectivity index is 1.81. The first kappa shape index (κ1) is 12.0. The summed E-state index contributed by atoms with van der Waals surface area (Å²) >= 11 is 5.55. The monoisotopic (exact) mass is 258 g/mol. The number of nitrogens with zero attached hydrogens (tertiary/aromatic N) is 1. The molecule has 0 aromatic heterocycles. The van der Waals surface area contributed by atoms with Crippen LogP contribution in [0, 0.1) is 5.82 Å². The van der Waals surface area contributed by atoms with Gasteiger partial charge >= 0.3 is 6.03 Å². The molecule has 2 rings (SSSR count). The quantitative estimate of drug-likeness (QED) is 0.896. The number of benzene rings is 1. The molecule has 0 atom stereocenters. The first-order valence-corrected chi connectivity index (χ1v) is 5.65. The molecule has 1 aromatic rings. The summed E-state index contributed by atoms with van der Waals surface area (Å²) in [6.07, 6.45) is 0. The molecule has 0 saturated carbocycles. The molecule has 17 heavy (non-hydrogen) atoms. The zero-order valence-corrected chi connectivity index (χ0v) is 9.84. The van der Waals surface area contributed by atoms with Gasteiger partial charge in [0.05, 0.1) is 11.6 Å². The average molecular weight is 259 g/mol. The van der Waals surface area contributed by atoms with Gasteiger partial charge in [-0.3, -0.25) is 0 Å². The molecule has 1 fully saturated rings. The zero-order valence-electron chi connectivity index (χ0n) is 9.08. The highest BCUT2D eigenvalue weighted by molar-refractivity contribution is 6.30. The van der Waals surface area contributed by atoms with Crippen LogP contribution in [0.15, 0.2) is 18.2 Å². The third-order valence-electron chi connectivity index (χ3n) is 2.47. The minimum Gasteiger partial charge on any atom is -0.492 e. The van der Waals surface area contributed by atoms with E-state index in [0.29, 0.717) is 32.0 Å².